The molecule has 0 spiro atoms. The third-order valence-electron chi connectivity index (χ3n) is 2.11. The monoisotopic (exact) mass is 180 g/mol. The topological polar surface area (TPSA) is 111 Å². The number of ether oxygens (including phenoxy) is 2. The standard InChI is InChI=1S/C6H10O5.H2O/c7-3-2-1-10-5(3)4(8)6(9)11-2;/h2-9H,1H2;1H2/t2-,3+,4-,5+,6-;/m1./s1. The highest BCUT2D eigenvalue weighted by Crippen LogP contribution is 2.28. The van der Waals surface area contributed by atoms with Crippen molar-refractivity contribution in [1.82, 2.24) is 0 Å². The van der Waals surface area contributed by atoms with Gasteiger partial charge in [0.2, 0.25) is 0 Å². The van der Waals surface area contributed by atoms with Crippen molar-refractivity contribution in [1.29, 1.82) is 0 Å². The molecule has 12 heavy (non-hydrogen) atoms. The minimum absolute atomic E-state index is 0. The minimum Gasteiger partial charge on any atom is -0.412 e. The Morgan fingerprint density at radius 3 is 2.42 bits per heavy atom. The Balaban J connectivity index is 0.000000720. The summed E-state index contributed by atoms with van der Waals surface area (Å²) in [6.45, 7) is 0.236. The van der Waals surface area contributed by atoms with E-state index in [2.05, 4.69) is 0 Å². The molecule has 2 rings (SSSR count). The molecule has 0 aliphatic carbocycles. The zero-order valence-electron chi connectivity index (χ0n) is 6.25. The quantitative estimate of drug-likeness (QED) is 0.368. The Labute approximate surface area is 68.6 Å². The Morgan fingerprint density at radius 1 is 1.08 bits per heavy atom. The highest BCUT2D eigenvalue weighted by molar-refractivity contribution is 4.94. The van der Waals surface area contributed by atoms with Crippen LogP contribution in [0.5, 0.6) is 0 Å². The first-order chi connectivity index (χ1) is 5.20. The third kappa shape index (κ3) is 1.22. The molecular formula is C6H12O6. The van der Waals surface area contributed by atoms with Crippen molar-refractivity contribution in [3.05, 3.63) is 0 Å². The van der Waals surface area contributed by atoms with Crippen LogP contribution in [0.2, 0.25) is 0 Å². The number of hydrogen-bond donors (Lipinski definition) is 3. The van der Waals surface area contributed by atoms with E-state index in [4.69, 9.17) is 14.6 Å². The predicted molar refractivity (Wildman–Crippen MR) is 36.2 cm³/mol. The molecule has 5 N–H and O–H groups in total. The second-order valence-corrected chi connectivity index (χ2v) is 2.84. The maximum absolute atomic E-state index is 9.28. The van der Waals surface area contributed by atoms with Gasteiger partial charge in [-0.1, -0.05) is 0 Å². The Bertz CT molecular complexity index is 162. The molecule has 6 heteroatoms. The van der Waals surface area contributed by atoms with Gasteiger partial charge in [0.15, 0.2) is 6.29 Å². The molecule has 2 aliphatic rings. The van der Waals surface area contributed by atoms with Gasteiger partial charge in [0.25, 0.3) is 0 Å². The minimum atomic E-state index is -1.23. The van der Waals surface area contributed by atoms with Crippen LogP contribution in [0.15, 0.2) is 0 Å². The van der Waals surface area contributed by atoms with Crippen molar-refractivity contribution in [2.75, 3.05) is 6.61 Å². The van der Waals surface area contributed by atoms with Crippen molar-refractivity contribution < 1.29 is 30.3 Å². The second kappa shape index (κ2) is 3.25. The van der Waals surface area contributed by atoms with E-state index in [1.807, 2.05) is 0 Å². The largest absolute Gasteiger partial charge is 0.412 e. The van der Waals surface area contributed by atoms with E-state index in [1.54, 1.807) is 0 Å². The number of fused-ring (bicyclic) bond motifs is 2. The molecule has 0 unspecified atom stereocenters. The van der Waals surface area contributed by atoms with Gasteiger partial charge in [-0.3, -0.25) is 0 Å². The summed E-state index contributed by atoms with van der Waals surface area (Å²) in [6.07, 6.45) is -4.35. The van der Waals surface area contributed by atoms with Crippen LogP contribution in [0.4, 0.5) is 0 Å². The first kappa shape index (κ1) is 9.85. The lowest BCUT2D eigenvalue weighted by molar-refractivity contribution is -0.242. The van der Waals surface area contributed by atoms with Crippen LogP contribution in [0.25, 0.3) is 0 Å². The van der Waals surface area contributed by atoms with Crippen molar-refractivity contribution in [3.8, 4) is 0 Å². The molecule has 2 bridgehead atoms. The SMILES string of the molecule is O.O[C@@H]1[C@H]2OC[C@@H](O[C@H]1O)[C@@H]2O. The van der Waals surface area contributed by atoms with Crippen LogP contribution < -0.4 is 0 Å². The summed E-state index contributed by atoms with van der Waals surface area (Å²) in [5, 5.41) is 27.5. The fraction of sp³-hybridized carbons (Fsp3) is 1.00. The maximum atomic E-state index is 9.28. The lowest BCUT2D eigenvalue weighted by atomic mass is 10.0. The molecule has 0 aromatic heterocycles. The first-order valence-electron chi connectivity index (χ1n) is 3.51. The number of aliphatic hydroxyl groups excluding tert-OH is 3. The zero-order valence-corrected chi connectivity index (χ0v) is 6.25. The van der Waals surface area contributed by atoms with Crippen LogP contribution in [0.3, 0.4) is 0 Å². The molecule has 0 aromatic carbocycles. The Morgan fingerprint density at radius 2 is 1.75 bits per heavy atom. The molecule has 72 valence electrons. The fourth-order valence-electron chi connectivity index (χ4n) is 1.46. The first-order valence-corrected chi connectivity index (χ1v) is 3.51. The molecule has 2 aliphatic heterocycles. The van der Waals surface area contributed by atoms with E-state index in [9.17, 15) is 10.2 Å². The third-order valence-corrected chi connectivity index (χ3v) is 2.11. The molecule has 2 fully saturated rings. The average molecular weight is 180 g/mol. The highest BCUT2D eigenvalue weighted by Gasteiger charge is 2.49. The summed E-state index contributed by atoms with van der Waals surface area (Å²) in [6, 6.07) is 0. The van der Waals surface area contributed by atoms with Gasteiger partial charge < -0.3 is 30.3 Å². The average Bonchev–Trinajstić information content (AvgIpc) is 2.23. The summed E-state index contributed by atoms with van der Waals surface area (Å²) < 4.78 is 9.82. The molecule has 5 atom stereocenters. The number of rotatable bonds is 0. The van der Waals surface area contributed by atoms with Gasteiger partial charge in [-0.2, -0.15) is 0 Å². The van der Waals surface area contributed by atoms with Crippen LogP contribution in [-0.2, 0) is 9.47 Å². The lowest BCUT2D eigenvalue weighted by Gasteiger charge is -2.31. The Kier molecular flexibility index (Phi) is 2.67. The highest BCUT2D eigenvalue weighted by atomic mass is 16.7. The van der Waals surface area contributed by atoms with Crippen molar-refractivity contribution in [2.45, 2.75) is 30.7 Å². The van der Waals surface area contributed by atoms with Gasteiger partial charge in [-0.15, -0.1) is 0 Å². The van der Waals surface area contributed by atoms with Gasteiger partial charge in [0.1, 0.15) is 24.4 Å². The normalized spacial score (nSPS) is 51.8. The van der Waals surface area contributed by atoms with Crippen LogP contribution >= 0.6 is 0 Å². The Hall–Kier alpha value is -0.240. The van der Waals surface area contributed by atoms with E-state index in [-0.39, 0.29) is 12.1 Å². The van der Waals surface area contributed by atoms with Gasteiger partial charge in [-0.25, -0.2) is 0 Å². The summed E-state index contributed by atoms with van der Waals surface area (Å²) in [4.78, 5) is 0. The summed E-state index contributed by atoms with van der Waals surface area (Å²) in [7, 11) is 0. The van der Waals surface area contributed by atoms with Crippen LogP contribution in [0, 0.1) is 0 Å². The zero-order chi connectivity index (χ0) is 8.01. The van der Waals surface area contributed by atoms with E-state index < -0.39 is 30.7 Å². The molecule has 0 radical (unpaired) electrons. The fourth-order valence-corrected chi connectivity index (χ4v) is 1.46. The number of aliphatic hydroxyl groups is 3. The van der Waals surface area contributed by atoms with Crippen molar-refractivity contribution >= 4 is 0 Å². The molecular weight excluding hydrogens is 168 g/mol. The van der Waals surface area contributed by atoms with Gasteiger partial charge in [0.05, 0.1) is 6.61 Å². The van der Waals surface area contributed by atoms with E-state index in [0.717, 1.165) is 0 Å². The van der Waals surface area contributed by atoms with Crippen molar-refractivity contribution in [2.24, 2.45) is 0 Å². The summed E-state index contributed by atoms with van der Waals surface area (Å²) in [5.41, 5.74) is 0. The number of hydrogen-bond acceptors (Lipinski definition) is 5. The summed E-state index contributed by atoms with van der Waals surface area (Å²) >= 11 is 0. The molecule has 6 nitrogen and oxygen atoms in total. The van der Waals surface area contributed by atoms with Crippen LogP contribution in [-0.4, -0.2) is 58.1 Å². The van der Waals surface area contributed by atoms with E-state index in [1.165, 1.54) is 0 Å². The van der Waals surface area contributed by atoms with Crippen molar-refractivity contribution in [3.63, 3.8) is 0 Å². The maximum Gasteiger partial charge on any atom is 0.184 e. The van der Waals surface area contributed by atoms with Gasteiger partial charge >= 0.3 is 0 Å². The lowest BCUT2D eigenvalue weighted by Crippen LogP contribution is -2.52. The molecule has 0 aromatic rings. The molecule has 0 amide bonds. The van der Waals surface area contributed by atoms with Gasteiger partial charge in [-0.05, 0) is 0 Å². The second-order valence-electron chi connectivity index (χ2n) is 2.84. The smallest absolute Gasteiger partial charge is 0.184 e. The molecule has 2 saturated heterocycles. The van der Waals surface area contributed by atoms with Gasteiger partial charge in [0, 0.05) is 0 Å². The molecule has 2 heterocycles. The molecule has 0 saturated carbocycles. The van der Waals surface area contributed by atoms with E-state index in [0.29, 0.717) is 0 Å². The predicted octanol–water partition coefficient (Wildman–Crippen LogP) is -3.00. The summed E-state index contributed by atoms with van der Waals surface area (Å²) in [5.74, 6) is 0. The van der Waals surface area contributed by atoms with E-state index >= 15 is 0 Å². The van der Waals surface area contributed by atoms with Crippen LogP contribution in [0.1, 0.15) is 0 Å².